The van der Waals surface area contributed by atoms with Gasteiger partial charge in [0.25, 0.3) is 5.91 Å². The van der Waals surface area contributed by atoms with E-state index in [0.717, 1.165) is 11.3 Å². The standard InChI is InChI=1S/C14H14ClN3O2/c1-9(10-5-3-4-6-12(10)20-2)18-14(19)11-7-17-13(15)8-16-11/h3-9H,1-2H3,(H,18,19). The lowest BCUT2D eigenvalue weighted by molar-refractivity contribution is 0.0934. The van der Waals surface area contributed by atoms with Gasteiger partial charge >= 0.3 is 0 Å². The summed E-state index contributed by atoms with van der Waals surface area (Å²) in [4.78, 5) is 19.8. The summed E-state index contributed by atoms with van der Waals surface area (Å²) < 4.78 is 5.27. The van der Waals surface area contributed by atoms with Crippen molar-refractivity contribution in [1.82, 2.24) is 15.3 Å². The summed E-state index contributed by atoms with van der Waals surface area (Å²) in [7, 11) is 1.60. The summed E-state index contributed by atoms with van der Waals surface area (Å²) >= 11 is 5.64. The van der Waals surface area contributed by atoms with Crippen LogP contribution in [0.1, 0.15) is 29.0 Å². The number of amides is 1. The number of carbonyl (C=O) groups excluding carboxylic acids is 1. The highest BCUT2D eigenvalue weighted by molar-refractivity contribution is 6.29. The van der Waals surface area contributed by atoms with Gasteiger partial charge in [-0.3, -0.25) is 4.79 Å². The predicted octanol–water partition coefficient (Wildman–Crippen LogP) is 2.63. The van der Waals surface area contributed by atoms with E-state index in [2.05, 4.69) is 15.3 Å². The first-order valence-corrected chi connectivity index (χ1v) is 6.41. The van der Waals surface area contributed by atoms with Gasteiger partial charge in [-0.1, -0.05) is 29.8 Å². The first-order chi connectivity index (χ1) is 9.61. The van der Waals surface area contributed by atoms with Crippen LogP contribution in [0.25, 0.3) is 0 Å². The van der Waals surface area contributed by atoms with Crippen LogP contribution in [-0.4, -0.2) is 23.0 Å². The predicted molar refractivity (Wildman–Crippen MR) is 75.9 cm³/mol. The molecule has 1 aromatic heterocycles. The van der Waals surface area contributed by atoms with E-state index in [4.69, 9.17) is 16.3 Å². The first-order valence-electron chi connectivity index (χ1n) is 6.03. The van der Waals surface area contributed by atoms with Crippen LogP contribution in [0.2, 0.25) is 5.15 Å². The van der Waals surface area contributed by atoms with Crippen LogP contribution < -0.4 is 10.1 Å². The minimum atomic E-state index is -0.312. The SMILES string of the molecule is COc1ccccc1C(C)NC(=O)c1cnc(Cl)cn1. The van der Waals surface area contributed by atoms with Crippen molar-refractivity contribution in [2.75, 3.05) is 7.11 Å². The van der Waals surface area contributed by atoms with Gasteiger partial charge in [0.1, 0.15) is 16.6 Å². The lowest BCUT2D eigenvalue weighted by Gasteiger charge is -2.16. The summed E-state index contributed by atoms with van der Waals surface area (Å²) in [5, 5.41) is 3.09. The third-order valence-corrected chi connectivity index (χ3v) is 3.00. The van der Waals surface area contributed by atoms with Crippen molar-refractivity contribution in [1.29, 1.82) is 0 Å². The van der Waals surface area contributed by atoms with Crippen molar-refractivity contribution < 1.29 is 9.53 Å². The average molecular weight is 292 g/mol. The van der Waals surface area contributed by atoms with E-state index in [0.29, 0.717) is 0 Å². The van der Waals surface area contributed by atoms with Gasteiger partial charge in [-0.15, -0.1) is 0 Å². The molecule has 0 fully saturated rings. The Balaban J connectivity index is 2.13. The minimum Gasteiger partial charge on any atom is -0.496 e. The normalized spacial score (nSPS) is 11.8. The Morgan fingerprint density at radius 3 is 2.70 bits per heavy atom. The van der Waals surface area contributed by atoms with Crippen molar-refractivity contribution in [3.8, 4) is 5.75 Å². The first kappa shape index (κ1) is 14.3. The molecule has 5 nitrogen and oxygen atoms in total. The van der Waals surface area contributed by atoms with Crippen molar-refractivity contribution in [2.24, 2.45) is 0 Å². The Labute approximate surface area is 122 Å². The second-order valence-electron chi connectivity index (χ2n) is 4.16. The lowest BCUT2D eigenvalue weighted by atomic mass is 10.1. The number of rotatable bonds is 4. The second-order valence-corrected chi connectivity index (χ2v) is 4.55. The third kappa shape index (κ3) is 3.24. The maximum Gasteiger partial charge on any atom is 0.271 e. The molecule has 0 spiro atoms. The van der Waals surface area contributed by atoms with Crippen LogP contribution >= 0.6 is 11.6 Å². The summed E-state index contributed by atoms with van der Waals surface area (Å²) in [6.45, 7) is 1.87. The fourth-order valence-electron chi connectivity index (χ4n) is 1.80. The molecule has 2 rings (SSSR count). The lowest BCUT2D eigenvalue weighted by Crippen LogP contribution is -2.27. The Morgan fingerprint density at radius 2 is 2.05 bits per heavy atom. The Hall–Kier alpha value is -2.14. The summed E-state index contributed by atoms with van der Waals surface area (Å²) in [5.74, 6) is 0.412. The Bertz CT molecular complexity index is 602. The minimum absolute atomic E-state index is 0.212. The molecular weight excluding hydrogens is 278 g/mol. The molecule has 0 aliphatic carbocycles. The molecule has 0 aliphatic heterocycles. The van der Waals surface area contributed by atoms with Gasteiger partial charge in [0, 0.05) is 5.56 Å². The smallest absolute Gasteiger partial charge is 0.271 e. The molecule has 1 heterocycles. The number of benzene rings is 1. The zero-order valence-corrected chi connectivity index (χ0v) is 11.9. The molecule has 0 bridgehead atoms. The van der Waals surface area contributed by atoms with Crippen LogP contribution in [0, 0.1) is 0 Å². The van der Waals surface area contributed by atoms with Gasteiger partial charge < -0.3 is 10.1 Å². The summed E-state index contributed by atoms with van der Waals surface area (Å²) in [6, 6.07) is 7.30. The van der Waals surface area contributed by atoms with E-state index in [1.165, 1.54) is 12.4 Å². The van der Waals surface area contributed by atoms with Gasteiger partial charge in [0.15, 0.2) is 0 Å². The van der Waals surface area contributed by atoms with Gasteiger partial charge in [-0.2, -0.15) is 0 Å². The molecule has 0 saturated carbocycles. The van der Waals surface area contributed by atoms with Crippen LogP contribution in [0.3, 0.4) is 0 Å². The molecule has 1 N–H and O–H groups in total. The Kier molecular flexibility index (Phi) is 4.53. The highest BCUT2D eigenvalue weighted by Crippen LogP contribution is 2.24. The van der Waals surface area contributed by atoms with Crippen molar-refractivity contribution in [2.45, 2.75) is 13.0 Å². The Morgan fingerprint density at radius 1 is 1.30 bits per heavy atom. The van der Waals surface area contributed by atoms with E-state index in [-0.39, 0.29) is 22.8 Å². The molecule has 0 radical (unpaired) electrons. The monoisotopic (exact) mass is 291 g/mol. The average Bonchev–Trinajstić information content (AvgIpc) is 2.47. The molecular formula is C14H14ClN3O2. The molecule has 2 aromatic rings. The summed E-state index contributed by atoms with van der Waals surface area (Å²) in [5.41, 5.74) is 1.11. The molecule has 6 heteroatoms. The number of nitrogens with one attached hydrogen (secondary N) is 1. The molecule has 20 heavy (non-hydrogen) atoms. The number of para-hydroxylation sites is 1. The highest BCUT2D eigenvalue weighted by Gasteiger charge is 2.15. The van der Waals surface area contributed by atoms with E-state index in [9.17, 15) is 4.79 Å². The molecule has 0 aliphatic rings. The van der Waals surface area contributed by atoms with Gasteiger partial charge in [-0.25, -0.2) is 9.97 Å². The van der Waals surface area contributed by atoms with Crippen molar-refractivity contribution >= 4 is 17.5 Å². The quantitative estimate of drug-likeness (QED) is 0.940. The second kappa shape index (κ2) is 6.34. The number of hydrogen-bond acceptors (Lipinski definition) is 4. The van der Waals surface area contributed by atoms with Crippen LogP contribution in [0.15, 0.2) is 36.7 Å². The highest BCUT2D eigenvalue weighted by atomic mass is 35.5. The molecule has 104 valence electrons. The van der Waals surface area contributed by atoms with E-state index in [1.54, 1.807) is 7.11 Å². The van der Waals surface area contributed by atoms with Crippen LogP contribution in [0.4, 0.5) is 0 Å². The molecule has 1 amide bonds. The molecule has 0 saturated heterocycles. The number of aromatic nitrogens is 2. The van der Waals surface area contributed by atoms with Gasteiger partial charge in [-0.05, 0) is 13.0 Å². The zero-order chi connectivity index (χ0) is 14.5. The molecule has 1 aromatic carbocycles. The third-order valence-electron chi connectivity index (χ3n) is 2.81. The largest absolute Gasteiger partial charge is 0.496 e. The fourth-order valence-corrected chi connectivity index (χ4v) is 1.90. The zero-order valence-electron chi connectivity index (χ0n) is 11.1. The van der Waals surface area contributed by atoms with E-state index >= 15 is 0 Å². The summed E-state index contributed by atoms with van der Waals surface area (Å²) in [6.07, 6.45) is 2.68. The number of hydrogen-bond donors (Lipinski definition) is 1. The van der Waals surface area contributed by atoms with Gasteiger partial charge in [0.2, 0.25) is 0 Å². The van der Waals surface area contributed by atoms with Crippen LogP contribution in [0.5, 0.6) is 5.75 Å². The van der Waals surface area contributed by atoms with E-state index < -0.39 is 0 Å². The van der Waals surface area contributed by atoms with Crippen molar-refractivity contribution in [3.63, 3.8) is 0 Å². The number of nitrogens with zero attached hydrogens (tertiary/aromatic N) is 2. The number of halogens is 1. The topological polar surface area (TPSA) is 64.1 Å². The maximum absolute atomic E-state index is 12.0. The number of ether oxygens (including phenoxy) is 1. The fraction of sp³-hybridized carbons (Fsp3) is 0.214. The van der Waals surface area contributed by atoms with Crippen LogP contribution in [-0.2, 0) is 0 Å². The maximum atomic E-state index is 12.0. The van der Waals surface area contributed by atoms with Crippen molar-refractivity contribution in [3.05, 3.63) is 53.1 Å². The molecule has 1 atom stereocenters. The molecule has 1 unspecified atom stereocenters. The van der Waals surface area contributed by atoms with Gasteiger partial charge in [0.05, 0.1) is 25.5 Å². The number of methoxy groups -OCH3 is 1. The number of carbonyl (C=O) groups is 1. The van der Waals surface area contributed by atoms with E-state index in [1.807, 2.05) is 31.2 Å².